The van der Waals surface area contributed by atoms with Gasteiger partial charge in [0.1, 0.15) is 5.82 Å². The number of hydrogen-bond acceptors (Lipinski definition) is 1. The van der Waals surface area contributed by atoms with Crippen LogP contribution in [0.25, 0.3) is 11.1 Å². The maximum absolute atomic E-state index is 12.9. The van der Waals surface area contributed by atoms with Crippen LogP contribution >= 0.6 is 0 Å². The summed E-state index contributed by atoms with van der Waals surface area (Å²) in [6, 6.07) is 7.07. The molecule has 0 bridgehead atoms. The van der Waals surface area contributed by atoms with E-state index in [4.69, 9.17) is 5.73 Å². The second-order valence-electron chi connectivity index (χ2n) is 3.94. The van der Waals surface area contributed by atoms with Gasteiger partial charge in [0.25, 0.3) is 0 Å². The number of nitrogens with two attached hydrogens (primary N) is 1. The van der Waals surface area contributed by atoms with Crippen molar-refractivity contribution in [3.8, 4) is 11.1 Å². The van der Waals surface area contributed by atoms with Crippen LogP contribution in [-0.4, -0.2) is 4.57 Å². The molecule has 1 aromatic heterocycles. The van der Waals surface area contributed by atoms with E-state index < -0.39 is 11.7 Å². The zero-order valence-corrected chi connectivity index (χ0v) is 9.83. The number of halogens is 3. The minimum atomic E-state index is -4.38. The van der Waals surface area contributed by atoms with Gasteiger partial charge in [-0.1, -0.05) is 18.2 Å². The molecule has 0 unspecified atom stereocenters. The lowest BCUT2D eigenvalue weighted by atomic mass is 10.0. The van der Waals surface area contributed by atoms with Crippen LogP contribution in [0.5, 0.6) is 0 Å². The Morgan fingerprint density at radius 2 is 1.78 bits per heavy atom. The van der Waals surface area contributed by atoms with Gasteiger partial charge in [0.2, 0.25) is 0 Å². The van der Waals surface area contributed by atoms with Crippen molar-refractivity contribution >= 4 is 5.82 Å². The lowest BCUT2D eigenvalue weighted by molar-refractivity contribution is -0.137. The SMILES string of the molecule is CCn1ccc(-c2ccccc2C(F)(F)F)c1N. The van der Waals surface area contributed by atoms with Crippen LogP contribution in [0.3, 0.4) is 0 Å². The first kappa shape index (κ1) is 12.5. The van der Waals surface area contributed by atoms with Crippen molar-refractivity contribution in [2.45, 2.75) is 19.6 Å². The molecule has 5 heteroatoms. The third kappa shape index (κ3) is 2.08. The standard InChI is InChI=1S/C13H13F3N2/c1-2-18-8-7-10(12(18)17)9-5-3-4-6-11(9)13(14,15)16/h3-8H,2,17H2,1H3. The number of aromatic nitrogens is 1. The van der Waals surface area contributed by atoms with Crippen LogP contribution in [-0.2, 0) is 12.7 Å². The predicted molar refractivity (Wildman–Crippen MR) is 65.0 cm³/mol. The molecule has 0 atom stereocenters. The van der Waals surface area contributed by atoms with Crippen molar-refractivity contribution in [3.05, 3.63) is 42.1 Å². The second kappa shape index (κ2) is 4.40. The van der Waals surface area contributed by atoms with Crippen molar-refractivity contribution < 1.29 is 13.2 Å². The van der Waals surface area contributed by atoms with Gasteiger partial charge in [0, 0.05) is 18.3 Å². The molecular formula is C13H13F3N2. The molecule has 2 aromatic rings. The Hall–Kier alpha value is -1.91. The van der Waals surface area contributed by atoms with Crippen molar-refractivity contribution in [2.24, 2.45) is 0 Å². The molecule has 2 nitrogen and oxygen atoms in total. The number of nitrogen functional groups attached to an aromatic ring is 1. The normalized spacial score (nSPS) is 11.8. The number of alkyl halides is 3. The van der Waals surface area contributed by atoms with Gasteiger partial charge in [-0.25, -0.2) is 0 Å². The van der Waals surface area contributed by atoms with Gasteiger partial charge in [-0.05, 0) is 24.6 Å². The topological polar surface area (TPSA) is 30.9 Å². The fourth-order valence-corrected chi connectivity index (χ4v) is 1.95. The number of rotatable bonds is 2. The van der Waals surface area contributed by atoms with Crippen molar-refractivity contribution in [1.29, 1.82) is 0 Å². The molecule has 0 fully saturated rings. The number of aryl methyl sites for hydroxylation is 1. The van der Waals surface area contributed by atoms with E-state index in [1.807, 2.05) is 6.92 Å². The first-order valence-corrected chi connectivity index (χ1v) is 5.56. The third-order valence-corrected chi connectivity index (χ3v) is 2.87. The molecule has 0 aliphatic heterocycles. The molecule has 0 amide bonds. The highest BCUT2D eigenvalue weighted by Gasteiger charge is 2.33. The van der Waals surface area contributed by atoms with Crippen molar-refractivity contribution in [3.63, 3.8) is 0 Å². The lowest BCUT2D eigenvalue weighted by Crippen LogP contribution is -2.07. The summed E-state index contributed by atoms with van der Waals surface area (Å²) < 4.78 is 40.4. The van der Waals surface area contributed by atoms with Crippen LogP contribution in [0, 0.1) is 0 Å². The van der Waals surface area contributed by atoms with Crippen LogP contribution < -0.4 is 5.73 Å². The molecule has 1 aromatic carbocycles. The minimum Gasteiger partial charge on any atom is -0.385 e. The molecule has 18 heavy (non-hydrogen) atoms. The highest BCUT2D eigenvalue weighted by atomic mass is 19.4. The highest BCUT2D eigenvalue weighted by Crippen LogP contribution is 2.39. The molecule has 0 saturated carbocycles. The summed E-state index contributed by atoms with van der Waals surface area (Å²) in [5.74, 6) is 0.356. The van der Waals surface area contributed by atoms with E-state index in [1.54, 1.807) is 22.9 Å². The fraction of sp³-hybridized carbons (Fsp3) is 0.231. The number of anilines is 1. The summed E-state index contributed by atoms with van der Waals surface area (Å²) >= 11 is 0. The van der Waals surface area contributed by atoms with Gasteiger partial charge in [-0.2, -0.15) is 13.2 Å². The first-order chi connectivity index (χ1) is 8.45. The first-order valence-electron chi connectivity index (χ1n) is 5.56. The molecule has 2 rings (SSSR count). The summed E-state index contributed by atoms with van der Waals surface area (Å²) in [6.45, 7) is 2.51. The zero-order chi connectivity index (χ0) is 13.3. The Morgan fingerprint density at radius 3 is 2.33 bits per heavy atom. The Bertz CT molecular complexity index is 556. The largest absolute Gasteiger partial charge is 0.417 e. The number of nitrogens with zero attached hydrogens (tertiary/aromatic N) is 1. The number of hydrogen-bond donors (Lipinski definition) is 1. The Kier molecular flexibility index (Phi) is 3.07. The zero-order valence-electron chi connectivity index (χ0n) is 9.83. The predicted octanol–water partition coefficient (Wildman–Crippen LogP) is 3.78. The van der Waals surface area contributed by atoms with Crippen molar-refractivity contribution in [1.82, 2.24) is 4.57 Å². The lowest BCUT2D eigenvalue weighted by Gasteiger charge is -2.12. The Labute approximate surface area is 103 Å². The molecule has 96 valence electrons. The highest BCUT2D eigenvalue weighted by molar-refractivity contribution is 5.77. The van der Waals surface area contributed by atoms with Gasteiger partial charge >= 0.3 is 6.18 Å². The Morgan fingerprint density at radius 1 is 1.11 bits per heavy atom. The quantitative estimate of drug-likeness (QED) is 0.868. The molecule has 0 spiro atoms. The monoisotopic (exact) mass is 254 g/mol. The van der Waals surface area contributed by atoms with Gasteiger partial charge < -0.3 is 10.3 Å². The van der Waals surface area contributed by atoms with Crippen LogP contribution in [0.2, 0.25) is 0 Å². The molecule has 0 aliphatic rings. The van der Waals surface area contributed by atoms with Gasteiger partial charge in [0.05, 0.1) is 5.56 Å². The van der Waals surface area contributed by atoms with E-state index in [-0.39, 0.29) is 5.56 Å². The summed E-state index contributed by atoms with van der Waals surface area (Å²) in [6.07, 6.45) is -2.69. The maximum Gasteiger partial charge on any atom is 0.417 e. The number of benzene rings is 1. The van der Waals surface area contributed by atoms with Gasteiger partial charge in [-0.15, -0.1) is 0 Å². The molecule has 0 radical (unpaired) electrons. The summed E-state index contributed by atoms with van der Waals surface area (Å²) in [4.78, 5) is 0. The van der Waals surface area contributed by atoms with Crippen LogP contribution in [0.1, 0.15) is 12.5 Å². The van der Waals surface area contributed by atoms with E-state index in [0.29, 0.717) is 17.9 Å². The third-order valence-electron chi connectivity index (χ3n) is 2.87. The minimum absolute atomic E-state index is 0.120. The molecule has 2 N–H and O–H groups in total. The van der Waals surface area contributed by atoms with Crippen molar-refractivity contribution in [2.75, 3.05) is 5.73 Å². The van der Waals surface area contributed by atoms with E-state index >= 15 is 0 Å². The van der Waals surface area contributed by atoms with Gasteiger partial charge in [-0.3, -0.25) is 0 Å². The van der Waals surface area contributed by atoms with E-state index in [0.717, 1.165) is 6.07 Å². The molecular weight excluding hydrogens is 241 g/mol. The van der Waals surface area contributed by atoms with Gasteiger partial charge in [0.15, 0.2) is 0 Å². The second-order valence-corrected chi connectivity index (χ2v) is 3.94. The van der Waals surface area contributed by atoms with Crippen LogP contribution in [0.4, 0.5) is 19.0 Å². The summed E-state index contributed by atoms with van der Waals surface area (Å²) in [5, 5.41) is 0. The van der Waals surface area contributed by atoms with E-state index in [1.165, 1.54) is 12.1 Å². The smallest absolute Gasteiger partial charge is 0.385 e. The van der Waals surface area contributed by atoms with E-state index in [9.17, 15) is 13.2 Å². The average Bonchev–Trinajstić information content (AvgIpc) is 2.69. The van der Waals surface area contributed by atoms with Crippen LogP contribution in [0.15, 0.2) is 36.5 Å². The van der Waals surface area contributed by atoms with E-state index in [2.05, 4.69) is 0 Å². The molecule has 1 heterocycles. The Balaban J connectivity index is 2.61. The molecule has 0 saturated heterocycles. The molecule has 0 aliphatic carbocycles. The summed E-state index contributed by atoms with van der Waals surface area (Å²) in [5.41, 5.74) is 5.73. The average molecular weight is 254 g/mol. The summed E-state index contributed by atoms with van der Waals surface area (Å²) in [7, 11) is 0. The maximum atomic E-state index is 12.9. The fourth-order valence-electron chi connectivity index (χ4n) is 1.95.